The minimum Gasteiger partial charge on any atom is -0.480 e. The summed E-state index contributed by atoms with van der Waals surface area (Å²) in [5.41, 5.74) is 0. The van der Waals surface area contributed by atoms with Gasteiger partial charge in [-0.25, -0.2) is 0 Å². The molecule has 0 aromatic heterocycles. The standard InChI is InChI=1S/C29H51BN6O13/c30-19-25(38)32-4-14-48-16-18-49-17-15-47-13-3-31-24(37)2-1-23(29(45)46)36-11-9-34(21-27(41)42)7-5-33(20-26(39)40)6-8-35(10-12-36)22-28(43)44/h23H,1-22H2,(H,31,37)(H,32,38)(H,39,40)(H,41,42)(H,43,44)(H,45,46). The Morgan fingerprint density at radius 1 is 0.571 bits per heavy atom. The van der Waals surface area contributed by atoms with E-state index in [0.717, 1.165) is 0 Å². The normalized spacial score (nSPS) is 16.6. The van der Waals surface area contributed by atoms with Gasteiger partial charge in [-0.1, -0.05) is 0 Å². The van der Waals surface area contributed by atoms with E-state index in [1.807, 2.05) is 0 Å². The predicted octanol–water partition coefficient (Wildman–Crippen LogP) is -3.44. The van der Waals surface area contributed by atoms with E-state index in [4.69, 9.17) is 22.1 Å². The van der Waals surface area contributed by atoms with Gasteiger partial charge in [-0.2, -0.15) is 0 Å². The van der Waals surface area contributed by atoms with Gasteiger partial charge in [-0.3, -0.25) is 48.4 Å². The highest BCUT2D eigenvalue weighted by Crippen LogP contribution is 2.11. The van der Waals surface area contributed by atoms with Crippen molar-refractivity contribution >= 4 is 43.5 Å². The van der Waals surface area contributed by atoms with Crippen LogP contribution in [-0.4, -0.2) is 214 Å². The van der Waals surface area contributed by atoms with Gasteiger partial charge in [-0.15, -0.1) is 0 Å². The zero-order valence-corrected chi connectivity index (χ0v) is 28.0. The predicted molar refractivity (Wildman–Crippen MR) is 173 cm³/mol. The first-order chi connectivity index (χ1) is 23.4. The highest BCUT2D eigenvalue weighted by atomic mass is 16.5. The van der Waals surface area contributed by atoms with Gasteiger partial charge >= 0.3 is 23.9 Å². The summed E-state index contributed by atoms with van der Waals surface area (Å²) in [5.74, 6) is -5.05. The Kier molecular flexibility index (Phi) is 23.6. The Bertz CT molecular complexity index is 995. The summed E-state index contributed by atoms with van der Waals surface area (Å²) in [7, 11) is 5.18. The average molecular weight is 703 g/mol. The van der Waals surface area contributed by atoms with Crippen LogP contribution >= 0.6 is 0 Å². The first kappa shape index (κ1) is 43.6. The molecule has 1 fully saturated rings. The van der Waals surface area contributed by atoms with E-state index in [-0.39, 0.29) is 123 Å². The van der Waals surface area contributed by atoms with Crippen molar-refractivity contribution in [3.8, 4) is 0 Å². The first-order valence-electron chi connectivity index (χ1n) is 16.2. The van der Waals surface area contributed by atoms with E-state index in [0.29, 0.717) is 33.0 Å². The largest absolute Gasteiger partial charge is 0.480 e. The van der Waals surface area contributed by atoms with Crippen LogP contribution in [0.5, 0.6) is 0 Å². The molecule has 1 atom stereocenters. The summed E-state index contributed by atoms with van der Waals surface area (Å²) in [4.78, 5) is 76.7. The van der Waals surface area contributed by atoms with Gasteiger partial charge in [0.2, 0.25) is 11.8 Å². The zero-order valence-electron chi connectivity index (χ0n) is 28.0. The van der Waals surface area contributed by atoms with Gasteiger partial charge < -0.3 is 45.3 Å². The zero-order chi connectivity index (χ0) is 36.4. The monoisotopic (exact) mass is 702 g/mol. The van der Waals surface area contributed by atoms with E-state index < -0.39 is 29.9 Å². The van der Waals surface area contributed by atoms with Crippen LogP contribution in [0.2, 0.25) is 6.32 Å². The second kappa shape index (κ2) is 26.5. The lowest BCUT2D eigenvalue weighted by atomic mass is 10.1. The molecule has 0 bridgehead atoms. The molecule has 19 nitrogen and oxygen atoms in total. The summed E-state index contributed by atoms with van der Waals surface area (Å²) >= 11 is 0. The van der Waals surface area contributed by atoms with Gasteiger partial charge in [0.15, 0.2) is 0 Å². The molecule has 1 aliphatic rings. The van der Waals surface area contributed by atoms with Crippen LogP contribution in [-0.2, 0) is 43.0 Å². The summed E-state index contributed by atoms with van der Waals surface area (Å²) in [6.45, 7) is 2.83. The molecule has 0 aromatic rings. The van der Waals surface area contributed by atoms with Crippen LogP contribution in [0.3, 0.4) is 0 Å². The summed E-state index contributed by atoms with van der Waals surface area (Å²) in [6, 6.07) is -1.10. The maximum atomic E-state index is 12.5. The van der Waals surface area contributed by atoms with Gasteiger partial charge in [-0.05, 0) is 12.7 Å². The fraction of sp³-hybridized carbons (Fsp3) is 0.793. The van der Waals surface area contributed by atoms with Crippen LogP contribution in [0.25, 0.3) is 0 Å². The molecule has 0 saturated carbocycles. The van der Waals surface area contributed by atoms with Crippen molar-refractivity contribution in [1.82, 2.24) is 30.2 Å². The van der Waals surface area contributed by atoms with Crippen molar-refractivity contribution in [2.45, 2.75) is 25.2 Å². The Labute approximate surface area is 287 Å². The number of ether oxygens (including phenoxy) is 3. The van der Waals surface area contributed by atoms with Gasteiger partial charge in [0.05, 0.1) is 67.1 Å². The minimum atomic E-state index is -1.17. The van der Waals surface area contributed by atoms with E-state index in [2.05, 4.69) is 10.6 Å². The summed E-state index contributed by atoms with van der Waals surface area (Å²) in [6.07, 6.45) is -0.219. The van der Waals surface area contributed by atoms with Crippen molar-refractivity contribution < 1.29 is 63.4 Å². The number of carbonyl (C=O) groups is 6. The van der Waals surface area contributed by atoms with Gasteiger partial charge in [0.1, 0.15) is 6.04 Å². The highest BCUT2D eigenvalue weighted by Gasteiger charge is 2.28. The summed E-state index contributed by atoms with van der Waals surface area (Å²) in [5, 5.41) is 43.4. The molecule has 2 radical (unpaired) electrons. The van der Waals surface area contributed by atoms with Crippen LogP contribution < -0.4 is 10.6 Å². The number of carbonyl (C=O) groups excluding carboxylic acids is 2. The lowest BCUT2D eigenvalue weighted by Gasteiger charge is -2.35. The van der Waals surface area contributed by atoms with Gasteiger partial charge in [0, 0.05) is 71.9 Å². The topological polar surface area (TPSA) is 248 Å². The average Bonchev–Trinajstić information content (AvgIpc) is 3.03. The third-order valence-corrected chi connectivity index (χ3v) is 7.39. The van der Waals surface area contributed by atoms with Crippen LogP contribution in [0, 0.1) is 0 Å². The highest BCUT2D eigenvalue weighted by molar-refractivity contribution is 6.19. The SMILES string of the molecule is [B]CC(=O)NCCOCCOCCOCCNC(=O)CCC(C(=O)O)N1CCN(CC(=O)O)CCN(CC(=O)O)CCN(CC(=O)O)CC1. The maximum absolute atomic E-state index is 12.5. The van der Waals surface area contributed by atoms with Crippen molar-refractivity contribution in [2.75, 3.05) is 125 Å². The molecule has 278 valence electrons. The molecular formula is C29H51BN6O13. The third-order valence-electron chi connectivity index (χ3n) is 7.39. The van der Waals surface area contributed by atoms with Crippen molar-refractivity contribution in [2.24, 2.45) is 0 Å². The van der Waals surface area contributed by atoms with Crippen LogP contribution in [0.15, 0.2) is 0 Å². The number of rotatable bonds is 24. The number of nitrogens with one attached hydrogen (secondary N) is 2. The second-order valence-corrected chi connectivity index (χ2v) is 11.2. The van der Waals surface area contributed by atoms with E-state index in [9.17, 15) is 49.2 Å². The molecule has 0 spiro atoms. The number of hydrogen-bond acceptors (Lipinski definition) is 13. The van der Waals surface area contributed by atoms with Crippen LogP contribution in [0.4, 0.5) is 0 Å². The van der Waals surface area contributed by atoms with Crippen molar-refractivity contribution in [1.29, 1.82) is 0 Å². The second-order valence-electron chi connectivity index (χ2n) is 11.2. The molecular weight excluding hydrogens is 651 g/mol. The Hall–Kier alpha value is -3.40. The number of carboxylic acid groups (broad SMARTS) is 4. The third kappa shape index (κ3) is 22.8. The first-order valence-corrected chi connectivity index (χ1v) is 16.2. The Morgan fingerprint density at radius 3 is 1.31 bits per heavy atom. The van der Waals surface area contributed by atoms with E-state index >= 15 is 0 Å². The van der Waals surface area contributed by atoms with Crippen LogP contribution in [0.1, 0.15) is 12.8 Å². The number of carboxylic acids is 4. The molecule has 1 heterocycles. The fourth-order valence-electron chi connectivity index (χ4n) is 4.87. The molecule has 1 saturated heterocycles. The lowest BCUT2D eigenvalue weighted by molar-refractivity contribution is -0.145. The van der Waals surface area contributed by atoms with E-state index in [1.54, 1.807) is 19.6 Å². The number of aliphatic carboxylic acids is 4. The van der Waals surface area contributed by atoms with E-state index in [1.165, 1.54) is 0 Å². The minimum absolute atomic E-state index is 0.0401. The lowest BCUT2D eigenvalue weighted by Crippen LogP contribution is -2.52. The quantitative estimate of drug-likeness (QED) is 0.0423. The fourth-order valence-corrected chi connectivity index (χ4v) is 4.87. The molecule has 0 aliphatic carbocycles. The molecule has 49 heavy (non-hydrogen) atoms. The molecule has 6 N–H and O–H groups in total. The number of hydrogen-bond donors (Lipinski definition) is 6. The Balaban J connectivity index is 2.58. The number of amides is 2. The number of nitrogens with zero attached hydrogens (tertiary/aromatic N) is 4. The summed E-state index contributed by atoms with van der Waals surface area (Å²) < 4.78 is 16.1. The van der Waals surface area contributed by atoms with Crippen molar-refractivity contribution in [3.63, 3.8) is 0 Å². The smallest absolute Gasteiger partial charge is 0.320 e. The molecule has 0 aromatic carbocycles. The maximum Gasteiger partial charge on any atom is 0.320 e. The Morgan fingerprint density at radius 2 is 0.939 bits per heavy atom. The molecule has 20 heteroatoms. The molecule has 1 rings (SSSR count). The van der Waals surface area contributed by atoms with Crippen molar-refractivity contribution in [3.05, 3.63) is 0 Å². The molecule has 1 aliphatic heterocycles. The molecule has 2 amide bonds. The van der Waals surface area contributed by atoms with Gasteiger partial charge in [0.25, 0.3) is 0 Å². The molecule has 1 unspecified atom stereocenters.